The van der Waals surface area contributed by atoms with E-state index in [1.54, 1.807) is 19.1 Å². The number of imide groups is 1. The quantitative estimate of drug-likeness (QED) is 0.0621. The number of benzene rings is 6. The molecule has 6 aromatic carbocycles. The monoisotopic (exact) mass is 1660 g/mol. The van der Waals surface area contributed by atoms with Gasteiger partial charge in [0.05, 0.1) is 30.7 Å². The summed E-state index contributed by atoms with van der Waals surface area (Å²) in [4.78, 5) is 140. The molecule has 35 heteroatoms. The van der Waals surface area contributed by atoms with Gasteiger partial charge < -0.3 is 118 Å². The van der Waals surface area contributed by atoms with Crippen molar-refractivity contribution < 1.29 is 107 Å². The fourth-order valence-electron chi connectivity index (χ4n) is 17.7. The minimum absolute atomic E-state index is 0.0297. The molecule has 0 aromatic heterocycles. The average Bonchev–Trinajstić information content (AvgIpc) is 0.756. The minimum Gasteiger partial charge on any atom is -0.508 e. The number of phenolic OH excluding ortho intramolecular Hbond substituents is 2. The Bertz CT molecular complexity index is 4850. The first-order valence-electron chi connectivity index (χ1n) is 39.9. The van der Waals surface area contributed by atoms with Gasteiger partial charge >= 0.3 is 6.03 Å². The molecule has 15 bridgehead atoms. The third kappa shape index (κ3) is 18.7. The van der Waals surface area contributed by atoms with Crippen LogP contribution in [0.1, 0.15) is 128 Å². The summed E-state index contributed by atoms with van der Waals surface area (Å²) in [7, 11) is 1.51. The topological polar surface area (TPSA) is 500 Å². The van der Waals surface area contributed by atoms with Gasteiger partial charge in [0.25, 0.3) is 0 Å². The number of ether oxygens (including phenoxy) is 6. The predicted molar refractivity (Wildman–Crippen MR) is 426 cm³/mol. The number of fused-ring (bicyclic) bond motifs is 15. The number of aliphatic hydroxyl groups is 5. The lowest BCUT2D eigenvalue weighted by Crippen LogP contribution is -2.60. The van der Waals surface area contributed by atoms with E-state index in [1.165, 1.54) is 92.8 Å². The van der Waals surface area contributed by atoms with Crippen molar-refractivity contribution in [3.63, 3.8) is 0 Å². The molecule has 2 saturated heterocycles. The van der Waals surface area contributed by atoms with E-state index in [9.17, 15) is 50.1 Å². The molecule has 6 aromatic rings. The number of likely N-dealkylation sites (N-methyl/N-ethyl adjacent to an activating group) is 1. The van der Waals surface area contributed by atoms with Gasteiger partial charge in [0.2, 0.25) is 59.3 Å². The Balaban J connectivity index is 0.912. The normalized spacial score (nSPS) is 28.3. The number of hydrogen-bond acceptors (Lipinski definition) is 25. The maximum absolute atomic E-state index is 16.5. The van der Waals surface area contributed by atoms with Gasteiger partial charge in [-0.05, 0) is 218 Å². The Kier molecular flexibility index (Phi) is 25.7. The number of halogens is 1. The van der Waals surface area contributed by atoms with Gasteiger partial charge in [-0.15, -0.1) is 0 Å². The summed E-state index contributed by atoms with van der Waals surface area (Å²) in [6.45, 7) is 10.0. The number of nitrogens with one attached hydrogen (secondary N) is 10. The molecular formula is C84H99ClN12O22. The van der Waals surface area contributed by atoms with Crippen LogP contribution in [0.4, 0.5) is 10.5 Å². The van der Waals surface area contributed by atoms with Crippen LogP contribution in [-0.2, 0) is 47.8 Å². The third-order valence-corrected chi connectivity index (χ3v) is 23.9. The summed E-state index contributed by atoms with van der Waals surface area (Å²) in [5.74, 6) is -10.4. The molecule has 10 amide bonds. The van der Waals surface area contributed by atoms with E-state index in [0.29, 0.717) is 44.0 Å². The number of aliphatic hydroxyl groups excluding tert-OH is 5. The second kappa shape index (κ2) is 36.0. The summed E-state index contributed by atoms with van der Waals surface area (Å²) in [6.07, 6.45) is -9.62. The number of hydrogen-bond donors (Lipinski definition) is 18. The smallest absolute Gasteiger partial charge is 0.325 e. The van der Waals surface area contributed by atoms with Crippen molar-refractivity contribution in [3.8, 4) is 57.1 Å². The van der Waals surface area contributed by atoms with Gasteiger partial charge in [0.1, 0.15) is 108 Å². The lowest BCUT2D eigenvalue weighted by atomic mass is 9.54. The zero-order valence-corrected chi connectivity index (χ0v) is 66.7. The number of carbonyl (C=O) groups excluding carboxylic acids is 9. The van der Waals surface area contributed by atoms with Crippen molar-refractivity contribution >= 4 is 70.6 Å². The number of rotatable bonds is 17. The number of nitrogens with zero attached hydrogens (tertiary/aromatic N) is 1. The number of aryl methyl sites for hydroxylation is 2. The van der Waals surface area contributed by atoms with Gasteiger partial charge in [-0.3, -0.25) is 48.6 Å². The van der Waals surface area contributed by atoms with Gasteiger partial charge in [0, 0.05) is 43.5 Å². The molecule has 0 radical (unpaired) electrons. The largest absolute Gasteiger partial charge is 0.508 e. The Morgan fingerprint density at radius 1 is 0.655 bits per heavy atom. The maximum atomic E-state index is 16.5. The van der Waals surface area contributed by atoms with Crippen molar-refractivity contribution in [3.05, 3.63) is 147 Å². The molecule has 34 nitrogen and oxygen atoms in total. The minimum atomic E-state index is -2.31. The zero-order chi connectivity index (χ0) is 84.5. The van der Waals surface area contributed by atoms with Crippen LogP contribution in [0.25, 0.3) is 11.1 Å². The SMILES string of the molecule is CN[C@H](CC(C)C)C(=O)N[C@H]1C(=O)N[C@@H](CC(=O)NC(=O)Nc2ccc(OCCN3CCOCC3)cc2)C(=O)N[C@H]2C(=O)N[C@H]3C(=O)N[C@H](C(=O)N[C@H](C(=O)NC4C5CC6CC(C5)CC4C6)c4cc(O)cc(C)c4-c4cc3ccc4O)[C@H](O)c3ccc(c(Cl)c3)Oc3cc2cc(c3O[C@@H]2O[C@H](CN)[C@@H](O)[C@H](O)[C@H]2O)Oc2ccc(cc2C)[C@H]1O. The number of carbonyl (C=O) groups is 9. The second-order valence-corrected chi connectivity index (χ2v) is 32.8. The van der Waals surface area contributed by atoms with E-state index in [2.05, 4.69) is 58.1 Å². The molecule has 6 fully saturated rings. The molecule has 14 atom stereocenters. The van der Waals surface area contributed by atoms with E-state index >= 15 is 28.8 Å². The average molecular weight is 1660 g/mol. The molecule has 119 heavy (non-hydrogen) atoms. The van der Waals surface area contributed by atoms with Crippen LogP contribution in [0.15, 0.2) is 103 Å². The van der Waals surface area contributed by atoms with E-state index in [0.717, 1.165) is 57.3 Å². The van der Waals surface area contributed by atoms with E-state index in [1.807, 2.05) is 13.8 Å². The predicted octanol–water partition coefficient (Wildman–Crippen LogP) is 3.52. The number of urea groups is 1. The summed E-state index contributed by atoms with van der Waals surface area (Å²) >= 11 is 7.22. The van der Waals surface area contributed by atoms with Crippen LogP contribution >= 0.6 is 11.6 Å². The van der Waals surface area contributed by atoms with Crippen LogP contribution in [0.3, 0.4) is 0 Å². The van der Waals surface area contributed by atoms with Crippen LogP contribution in [-0.4, -0.2) is 208 Å². The summed E-state index contributed by atoms with van der Waals surface area (Å²) in [5, 5.41) is 110. The van der Waals surface area contributed by atoms with E-state index in [4.69, 9.17) is 45.8 Å². The lowest BCUT2D eigenvalue weighted by Gasteiger charge is -2.54. The highest BCUT2D eigenvalue weighted by Gasteiger charge is 2.51. The number of phenols is 2. The molecule has 634 valence electrons. The molecule has 0 spiro atoms. The van der Waals surface area contributed by atoms with Gasteiger partial charge in [-0.1, -0.05) is 43.6 Å². The first kappa shape index (κ1) is 84.7. The van der Waals surface area contributed by atoms with Crippen LogP contribution < -0.4 is 77.8 Å². The first-order valence-corrected chi connectivity index (χ1v) is 40.3. The van der Waals surface area contributed by atoms with Crippen LogP contribution in [0, 0.1) is 43.4 Å². The molecule has 7 aliphatic heterocycles. The second-order valence-electron chi connectivity index (χ2n) is 32.4. The van der Waals surface area contributed by atoms with Crippen molar-refractivity contribution in [1.82, 2.24) is 52.8 Å². The molecule has 11 aliphatic rings. The maximum Gasteiger partial charge on any atom is 0.325 e. The first-order chi connectivity index (χ1) is 56.9. The highest BCUT2D eigenvalue weighted by molar-refractivity contribution is 6.32. The standard InChI is InChI=1S/C84H99ClN12O22/c1-37(2)22-54(87-5)76(106)95-68-70(101)43-7-14-57(38(3)23-43)116-59-32-47-33-60(75(59)119-83-74(105)73(104)72(103)61(36-86)118-83)117-58-15-8-44(31-53(58)85)71(102)69-82(112)94-67(80(110)91-64-45-26-40-25-41(28-45)29-46(64)27-40)52-34-49(98)24-39(4)63(52)51-30-42(6-13-56(51)99)65(78(108)96-69)93-79(109)66(47)92-77(107)55(89-81(68)111)35-62(100)90-84(113)88-48-9-11-50(12-10-48)115-21-18-97-16-19-114-20-17-97/h6-15,23-24,30-34,37,40-41,45-46,54-55,61,64-74,83,87,98-99,101-105H,16-22,25-29,35-36,86H2,1-5H3,(H,89,111)(H,91,110)(H,92,107)(H,93,109)(H,94,112)(H,95,106)(H,96,108)(H2,88,90,100,113)/t40?,41?,45?,46?,54-,55+,61-,64?,65-,66-,67+,68-,69+,70-,71-,72-,73+,74-,83+/m1/s1. The van der Waals surface area contributed by atoms with Crippen molar-refractivity contribution in [2.75, 3.05) is 58.4 Å². The van der Waals surface area contributed by atoms with E-state index < -0.39 is 180 Å². The molecule has 4 aliphatic carbocycles. The van der Waals surface area contributed by atoms with Gasteiger partial charge in [-0.25, -0.2) is 4.79 Å². The fourth-order valence-corrected chi connectivity index (χ4v) is 17.9. The lowest BCUT2D eigenvalue weighted by molar-refractivity contribution is -0.270. The number of amides is 10. The Morgan fingerprint density at radius 3 is 1.97 bits per heavy atom. The van der Waals surface area contributed by atoms with Gasteiger partial charge in [-0.2, -0.15) is 0 Å². The number of nitrogens with two attached hydrogens (primary N) is 1. The number of aromatic hydroxyl groups is 2. The molecular weight excluding hydrogens is 1560 g/mol. The third-order valence-electron chi connectivity index (χ3n) is 23.6. The Labute approximate surface area is 689 Å². The highest BCUT2D eigenvalue weighted by atomic mass is 35.5. The summed E-state index contributed by atoms with van der Waals surface area (Å²) in [5.41, 5.74) is 5.86. The van der Waals surface area contributed by atoms with Gasteiger partial charge in [0.15, 0.2) is 11.5 Å². The van der Waals surface area contributed by atoms with Crippen LogP contribution in [0.5, 0.6) is 46.0 Å². The molecule has 17 rings (SSSR count). The number of morpholine rings is 1. The molecule has 19 N–H and O–H groups in total. The van der Waals surface area contributed by atoms with Crippen molar-refractivity contribution in [2.24, 2.45) is 35.3 Å². The Hall–Kier alpha value is -10.8. The van der Waals surface area contributed by atoms with Crippen LogP contribution in [0.2, 0.25) is 5.02 Å². The Morgan fingerprint density at radius 2 is 1.30 bits per heavy atom. The van der Waals surface area contributed by atoms with E-state index in [-0.39, 0.29) is 103 Å². The molecule has 7 heterocycles. The zero-order valence-electron chi connectivity index (χ0n) is 65.9. The van der Waals surface area contributed by atoms with Crippen molar-refractivity contribution in [2.45, 2.75) is 164 Å². The van der Waals surface area contributed by atoms with Crippen molar-refractivity contribution in [1.29, 1.82) is 0 Å². The number of anilines is 1. The fraction of sp³-hybridized carbons (Fsp3) is 0.464. The molecule has 0 unspecified atom stereocenters. The molecule has 4 saturated carbocycles. The highest BCUT2D eigenvalue weighted by Crippen LogP contribution is 2.55. The summed E-state index contributed by atoms with van der Waals surface area (Å²) < 4.78 is 37.4. The summed E-state index contributed by atoms with van der Waals surface area (Å²) in [6, 6.07) is 7.56.